The van der Waals surface area contributed by atoms with Crippen molar-refractivity contribution in [1.29, 1.82) is 0 Å². The topological polar surface area (TPSA) is 30.9 Å². The Labute approximate surface area is 167 Å². The van der Waals surface area contributed by atoms with Gasteiger partial charge in [0.05, 0.1) is 0 Å². The molecule has 1 aromatic rings. The van der Waals surface area contributed by atoms with Gasteiger partial charge < -0.3 is 19.1 Å². The van der Waals surface area contributed by atoms with Gasteiger partial charge in [-0.25, -0.2) is 0 Å². The lowest BCUT2D eigenvalue weighted by molar-refractivity contribution is 0.0505. The van der Waals surface area contributed by atoms with E-state index in [1.807, 2.05) is 25.1 Å². The van der Waals surface area contributed by atoms with E-state index in [1.54, 1.807) is 7.11 Å². The highest BCUT2D eigenvalue weighted by atomic mass is 16.7. The second kappa shape index (κ2) is 12.2. The van der Waals surface area contributed by atoms with Crippen molar-refractivity contribution in [3.05, 3.63) is 23.8 Å². The number of unbranched alkanes of at least 4 members (excludes halogenated alkanes) is 1. The van der Waals surface area contributed by atoms with Crippen molar-refractivity contribution in [1.82, 2.24) is 4.90 Å². The molecule has 0 bridgehead atoms. The number of nitrogens with zero attached hydrogens (tertiary/aromatic N) is 1. The summed E-state index contributed by atoms with van der Waals surface area (Å²) in [7, 11) is 3.85. The largest absolute Gasteiger partial charge is 0.488 e. The Morgan fingerprint density at radius 1 is 1.15 bits per heavy atom. The second-order valence-electron chi connectivity index (χ2n) is 8.16. The van der Waals surface area contributed by atoms with Gasteiger partial charge in [0, 0.05) is 19.7 Å². The Kier molecular flexibility index (Phi) is 10.8. The van der Waals surface area contributed by atoms with Crippen molar-refractivity contribution in [3.8, 4) is 11.5 Å². The van der Waals surface area contributed by atoms with Gasteiger partial charge in [-0.05, 0) is 70.8 Å². The summed E-state index contributed by atoms with van der Waals surface area (Å²) < 4.78 is 16.6. The summed E-state index contributed by atoms with van der Waals surface area (Å²) >= 11 is 0. The molecule has 1 aliphatic carbocycles. The van der Waals surface area contributed by atoms with Gasteiger partial charge in [0.2, 0.25) is 0 Å². The Morgan fingerprint density at radius 2 is 1.81 bits per heavy atom. The maximum absolute atomic E-state index is 6.26. The molecule has 1 fully saturated rings. The summed E-state index contributed by atoms with van der Waals surface area (Å²) in [6.07, 6.45) is 7.73. The lowest BCUT2D eigenvalue weighted by Gasteiger charge is -2.37. The molecule has 156 valence electrons. The van der Waals surface area contributed by atoms with Gasteiger partial charge >= 0.3 is 0 Å². The second-order valence-corrected chi connectivity index (χ2v) is 8.16. The molecule has 27 heavy (non-hydrogen) atoms. The van der Waals surface area contributed by atoms with E-state index in [9.17, 15) is 0 Å². The molecule has 0 heterocycles. The molecule has 0 aliphatic heterocycles. The molecule has 1 saturated carbocycles. The summed E-state index contributed by atoms with van der Waals surface area (Å²) in [6.45, 7) is 12.1. The van der Waals surface area contributed by atoms with Crippen molar-refractivity contribution in [2.24, 2.45) is 0 Å². The summed E-state index contributed by atoms with van der Waals surface area (Å²) in [5.74, 6) is 1.73. The maximum atomic E-state index is 6.26. The quantitative estimate of drug-likeness (QED) is 0.480. The number of hydrogen-bond donors (Lipinski definition) is 0. The van der Waals surface area contributed by atoms with Crippen LogP contribution in [0, 0.1) is 6.92 Å². The molecular formula is C23H41NO3. The molecule has 0 spiro atoms. The van der Waals surface area contributed by atoms with Crippen LogP contribution in [-0.4, -0.2) is 44.0 Å². The van der Waals surface area contributed by atoms with E-state index in [1.165, 1.54) is 32.1 Å². The van der Waals surface area contributed by atoms with Crippen LogP contribution in [0.3, 0.4) is 0 Å². The number of rotatable bonds is 10. The molecule has 4 heteroatoms. The van der Waals surface area contributed by atoms with Crippen LogP contribution in [-0.2, 0) is 4.74 Å². The molecule has 0 saturated heterocycles. The highest BCUT2D eigenvalue weighted by molar-refractivity contribution is 5.39. The molecule has 2 rings (SSSR count). The van der Waals surface area contributed by atoms with Crippen LogP contribution in [0.5, 0.6) is 11.5 Å². The van der Waals surface area contributed by atoms with Crippen molar-refractivity contribution < 1.29 is 14.2 Å². The minimum atomic E-state index is -0.183. The highest BCUT2D eigenvalue weighted by Crippen LogP contribution is 2.29. The first-order valence-electron chi connectivity index (χ1n) is 10.4. The zero-order valence-electron chi connectivity index (χ0n) is 18.6. The van der Waals surface area contributed by atoms with Crippen LogP contribution >= 0.6 is 0 Å². The van der Waals surface area contributed by atoms with Gasteiger partial charge in [-0.2, -0.15) is 0 Å². The van der Waals surface area contributed by atoms with Crippen molar-refractivity contribution >= 4 is 0 Å². The van der Waals surface area contributed by atoms with E-state index in [0.717, 1.165) is 36.1 Å². The molecule has 0 amide bonds. The SMILES string of the molecule is CCCC.COCOc1ccc(OC(C)(C)CCN(C)C2CCC2)c(C)c1. The third kappa shape index (κ3) is 8.98. The molecule has 0 unspecified atom stereocenters. The molecule has 0 aromatic heterocycles. The third-order valence-corrected chi connectivity index (χ3v) is 5.14. The van der Waals surface area contributed by atoms with Crippen LogP contribution in [0.15, 0.2) is 18.2 Å². The number of aryl methyl sites for hydroxylation is 1. The maximum Gasteiger partial charge on any atom is 0.188 e. The molecule has 1 aromatic carbocycles. The summed E-state index contributed by atoms with van der Waals surface area (Å²) in [6, 6.07) is 6.69. The first-order chi connectivity index (χ1) is 12.8. The van der Waals surface area contributed by atoms with Gasteiger partial charge in [-0.15, -0.1) is 0 Å². The first-order valence-corrected chi connectivity index (χ1v) is 10.4. The standard InChI is InChI=1S/C19H31NO3.C4H10/c1-15-13-17(22-14-21-5)9-10-18(15)23-19(2,3)11-12-20(4)16-7-6-8-16;1-3-4-2/h9-10,13,16H,6-8,11-12,14H2,1-5H3;3-4H2,1-2H3. The lowest BCUT2D eigenvalue weighted by Crippen LogP contribution is -2.41. The van der Waals surface area contributed by atoms with E-state index in [4.69, 9.17) is 14.2 Å². The van der Waals surface area contributed by atoms with E-state index in [0.29, 0.717) is 0 Å². The average molecular weight is 380 g/mol. The predicted molar refractivity (Wildman–Crippen MR) is 114 cm³/mol. The van der Waals surface area contributed by atoms with Crippen molar-refractivity contribution in [2.45, 2.75) is 84.8 Å². The van der Waals surface area contributed by atoms with Crippen LogP contribution in [0.2, 0.25) is 0 Å². The number of benzene rings is 1. The summed E-state index contributed by atoms with van der Waals surface area (Å²) in [5, 5.41) is 0. The molecule has 0 radical (unpaired) electrons. The first kappa shape index (κ1) is 23.8. The summed E-state index contributed by atoms with van der Waals surface area (Å²) in [5.41, 5.74) is 0.900. The van der Waals surface area contributed by atoms with E-state index < -0.39 is 0 Å². The minimum absolute atomic E-state index is 0.183. The van der Waals surface area contributed by atoms with E-state index in [2.05, 4.69) is 39.6 Å². The van der Waals surface area contributed by atoms with Crippen LogP contribution in [0.4, 0.5) is 0 Å². The molecule has 0 N–H and O–H groups in total. The predicted octanol–water partition coefficient (Wildman–Crippen LogP) is 5.82. The number of ether oxygens (including phenoxy) is 3. The third-order valence-electron chi connectivity index (χ3n) is 5.14. The van der Waals surface area contributed by atoms with Gasteiger partial charge in [-0.1, -0.05) is 33.1 Å². The van der Waals surface area contributed by atoms with Crippen molar-refractivity contribution in [3.63, 3.8) is 0 Å². The normalized spacial score (nSPS) is 14.4. The molecule has 0 atom stereocenters. The fourth-order valence-corrected chi connectivity index (χ4v) is 2.76. The van der Waals surface area contributed by atoms with Gasteiger partial charge in [0.1, 0.15) is 17.1 Å². The van der Waals surface area contributed by atoms with Gasteiger partial charge in [-0.3, -0.25) is 0 Å². The smallest absolute Gasteiger partial charge is 0.188 e. The Morgan fingerprint density at radius 3 is 2.30 bits per heavy atom. The van der Waals surface area contributed by atoms with Crippen LogP contribution < -0.4 is 9.47 Å². The lowest BCUT2D eigenvalue weighted by atomic mass is 9.91. The summed E-state index contributed by atoms with van der Waals surface area (Å²) in [4.78, 5) is 2.48. The van der Waals surface area contributed by atoms with Gasteiger partial charge in [0.25, 0.3) is 0 Å². The van der Waals surface area contributed by atoms with E-state index >= 15 is 0 Å². The van der Waals surface area contributed by atoms with Gasteiger partial charge in [0.15, 0.2) is 6.79 Å². The zero-order chi connectivity index (χ0) is 20.3. The molecular weight excluding hydrogens is 338 g/mol. The Balaban J connectivity index is 0.000000828. The highest BCUT2D eigenvalue weighted by Gasteiger charge is 2.26. The number of hydrogen-bond acceptors (Lipinski definition) is 4. The Hall–Kier alpha value is -1.26. The monoisotopic (exact) mass is 379 g/mol. The van der Waals surface area contributed by atoms with Crippen LogP contribution in [0.1, 0.15) is 71.8 Å². The van der Waals surface area contributed by atoms with Crippen molar-refractivity contribution in [2.75, 3.05) is 27.5 Å². The van der Waals surface area contributed by atoms with E-state index in [-0.39, 0.29) is 12.4 Å². The fourth-order valence-electron chi connectivity index (χ4n) is 2.76. The number of methoxy groups -OCH3 is 1. The average Bonchev–Trinajstić information content (AvgIpc) is 2.59. The zero-order valence-corrected chi connectivity index (χ0v) is 18.6. The fraction of sp³-hybridized carbons (Fsp3) is 0.739. The molecule has 4 nitrogen and oxygen atoms in total. The van der Waals surface area contributed by atoms with Crippen LogP contribution in [0.25, 0.3) is 0 Å². The minimum Gasteiger partial charge on any atom is -0.488 e. The Bertz CT molecular complexity index is 524. The molecule has 1 aliphatic rings.